The quantitative estimate of drug-likeness (QED) is 0.791. The van der Waals surface area contributed by atoms with Gasteiger partial charge in [0.2, 0.25) is 10.0 Å². The molecule has 7 nitrogen and oxygen atoms in total. The van der Waals surface area contributed by atoms with Crippen LogP contribution in [0.3, 0.4) is 0 Å². The van der Waals surface area contributed by atoms with Crippen LogP contribution < -0.4 is 5.73 Å². The number of pyridine rings is 1. The third kappa shape index (κ3) is 4.13. The van der Waals surface area contributed by atoms with Gasteiger partial charge in [-0.15, -0.1) is 0 Å². The number of anilines is 1. The van der Waals surface area contributed by atoms with Gasteiger partial charge in [0.05, 0.1) is 0 Å². The number of hydrogen-bond donors (Lipinski definition) is 1. The summed E-state index contributed by atoms with van der Waals surface area (Å²) in [5, 5.41) is 0. The van der Waals surface area contributed by atoms with Gasteiger partial charge in [-0.25, -0.2) is 13.4 Å². The number of nitrogens with two attached hydrogens (primary N) is 1. The summed E-state index contributed by atoms with van der Waals surface area (Å²) in [7, 11) is 0.618. The van der Waals surface area contributed by atoms with Crippen molar-refractivity contribution in [2.45, 2.75) is 4.90 Å². The Morgan fingerprint density at radius 1 is 1.24 bits per heavy atom. The molecule has 0 amide bonds. The van der Waals surface area contributed by atoms with Crippen LogP contribution in [-0.4, -0.2) is 80.9 Å². The van der Waals surface area contributed by atoms with Crippen molar-refractivity contribution in [2.75, 3.05) is 59.1 Å². The monoisotopic (exact) mass is 313 g/mol. The van der Waals surface area contributed by atoms with E-state index in [1.807, 2.05) is 14.1 Å². The second-order valence-corrected chi connectivity index (χ2v) is 7.41. The minimum Gasteiger partial charge on any atom is -0.384 e. The summed E-state index contributed by atoms with van der Waals surface area (Å²) >= 11 is 0. The van der Waals surface area contributed by atoms with Gasteiger partial charge in [-0.3, -0.25) is 4.90 Å². The van der Waals surface area contributed by atoms with Gasteiger partial charge in [-0.2, -0.15) is 4.31 Å². The number of nitrogens with zero attached hydrogens (tertiary/aromatic N) is 4. The lowest BCUT2D eigenvalue weighted by Gasteiger charge is -2.34. The van der Waals surface area contributed by atoms with Crippen molar-refractivity contribution in [2.24, 2.45) is 0 Å². The molecule has 2 heterocycles. The third-order valence-corrected chi connectivity index (χ3v) is 5.47. The van der Waals surface area contributed by atoms with Gasteiger partial charge < -0.3 is 10.6 Å². The van der Waals surface area contributed by atoms with E-state index in [2.05, 4.69) is 14.8 Å². The molecule has 0 spiro atoms. The summed E-state index contributed by atoms with van der Waals surface area (Å²) < 4.78 is 26.5. The Labute approximate surface area is 126 Å². The molecule has 0 unspecified atom stereocenters. The number of piperazine rings is 1. The average molecular weight is 313 g/mol. The fourth-order valence-corrected chi connectivity index (χ4v) is 3.60. The first-order valence-electron chi connectivity index (χ1n) is 6.98. The molecule has 0 saturated carbocycles. The number of aromatic nitrogens is 1. The smallest absolute Gasteiger partial charge is 0.244 e. The number of nitrogen functional groups attached to an aromatic ring is 1. The Bertz CT molecular complexity index is 550. The van der Waals surface area contributed by atoms with Crippen molar-refractivity contribution < 1.29 is 8.42 Å². The van der Waals surface area contributed by atoms with Crippen molar-refractivity contribution in [3.63, 3.8) is 0 Å². The van der Waals surface area contributed by atoms with E-state index in [0.29, 0.717) is 18.9 Å². The maximum atomic E-state index is 12.5. The molecule has 1 aliphatic heterocycles. The SMILES string of the molecule is CN(C)CCN1CCN(S(=O)(=O)c2ccc(N)nc2)CC1. The van der Waals surface area contributed by atoms with Crippen LogP contribution in [0.15, 0.2) is 23.2 Å². The first-order chi connectivity index (χ1) is 9.89. The van der Waals surface area contributed by atoms with E-state index >= 15 is 0 Å². The molecule has 118 valence electrons. The second-order valence-electron chi connectivity index (χ2n) is 5.47. The molecule has 21 heavy (non-hydrogen) atoms. The number of rotatable bonds is 5. The van der Waals surface area contributed by atoms with Crippen LogP contribution >= 0.6 is 0 Å². The lowest BCUT2D eigenvalue weighted by molar-refractivity contribution is 0.174. The maximum absolute atomic E-state index is 12.5. The molecule has 2 N–H and O–H groups in total. The van der Waals surface area contributed by atoms with E-state index in [4.69, 9.17) is 5.73 Å². The van der Waals surface area contributed by atoms with Crippen molar-refractivity contribution in [3.8, 4) is 0 Å². The van der Waals surface area contributed by atoms with Gasteiger partial charge in [0.1, 0.15) is 10.7 Å². The van der Waals surface area contributed by atoms with E-state index in [-0.39, 0.29) is 4.90 Å². The highest BCUT2D eigenvalue weighted by Crippen LogP contribution is 2.17. The second kappa shape index (κ2) is 6.69. The van der Waals surface area contributed by atoms with Gasteiger partial charge in [-0.1, -0.05) is 0 Å². The van der Waals surface area contributed by atoms with Crippen LogP contribution in [0.1, 0.15) is 0 Å². The fourth-order valence-electron chi connectivity index (χ4n) is 2.23. The molecule has 8 heteroatoms. The molecular weight excluding hydrogens is 290 g/mol. The summed E-state index contributed by atoms with van der Waals surface area (Å²) in [6.07, 6.45) is 1.32. The largest absolute Gasteiger partial charge is 0.384 e. The zero-order valence-corrected chi connectivity index (χ0v) is 13.4. The zero-order chi connectivity index (χ0) is 15.5. The standard InChI is InChI=1S/C13H23N5O2S/c1-16(2)5-6-17-7-9-18(10-8-17)21(19,20)12-3-4-13(14)15-11-12/h3-4,11H,5-10H2,1-2H3,(H2,14,15). The van der Waals surface area contributed by atoms with E-state index < -0.39 is 10.0 Å². The molecule has 0 radical (unpaired) electrons. The molecule has 1 aromatic rings. The zero-order valence-electron chi connectivity index (χ0n) is 12.6. The third-order valence-electron chi connectivity index (χ3n) is 3.59. The molecule has 1 fully saturated rings. The highest BCUT2D eigenvalue weighted by molar-refractivity contribution is 7.89. The molecule has 1 aliphatic rings. The summed E-state index contributed by atoms with van der Waals surface area (Å²) in [6, 6.07) is 3.02. The van der Waals surface area contributed by atoms with Gasteiger partial charge in [-0.05, 0) is 26.2 Å². The lowest BCUT2D eigenvalue weighted by Crippen LogP contribution is -2.49. The Kier molecular flexibility index (Phi) is 5.15. The first-order valence-corrected chi connectivity index (χ1v) is 8.42. The van der Waals surface area contributed by atoms with Crippen molar-refractivity contribution >= 4 is 15.8 Å². The average Bonchev–Trinajstić information content (AvgIpc) is 2.46. The molecule has 2 rings (SSSR count). The van der Waals surface area contributed by atoms with E-state index in [0.717, 1.165) is 26.2 Å². The molecule has 0 aromatic carbocycles. The van der Waals surface area contributed by atoms with Crippen LogP contribution in [0.4, 0.5) is 5.82 Å². The summed E-state index contributed by atoms with van der Waals surface area (Å²) in [5.74, 6) is 0.322. The molecule has 0 atom stereocenters. The normalized spacial score (nSPS) is 18.2. The lowest BCUT2D eigenvalue weighted by atomic mass is 10.3. The predicted octanol–water partition coefficient (Wildman–Crippen LogP) is -0.468. The minimum absolute atomic E-state index is 0.207. The summed E-state index contributed by atoms with van der Waals surface area (Å²) in [4.78, 5) is 8.48. The van der Waals surface area contributed by atoms with Crippen LogP contribution in [0.2, 0.25) is 0 Å². The Balaban J connectivity index is 1.96. The molecule has 0 bridgehead atoms. The summed E-state index contributed by atoms with van der Waals surface area (Å²) in [5.41, 5.74) is 5.49. The molecule has 0 aliphatic carbocycles. The van der Waals surface area contributed by atoms with E-state index in [1.54, 1.807) is 0 Å². The van der Waals surface area contributed by atoms with Crippen LogP contribution in [-0.2, 0) is 10.0 Å². The van der Waals surface area contributed by atoms with Gasteiger partial charge in [0.25, 0.3) is 0 Å². The number of sulfonamides is 1. The van der Waals surface area contributed by atoms with Gasteiger partial charge in [0, 0.05) is 45.5 Å². The Hall–Kier alpha value is -1.22. The Morgan fingerprint density at radius 2 is 1.90 bits per heavy atom. The van der Waals surface area contributed by atoms with Crippen LogP contribution in [0, 0.1) is 0 Å². The van der Waals surface area contributed by atoms with Crippen LogP contribution in [0.5, 0.6) is 0 Å². The molecule has 1 saturated heterocycles. The first kappa shape index (κ1) is 16.2. The Morgan fingerprint density at radius 3 is 2.43 bits per heavy atom. The molecule has 1 aromatic heterocycles. The maximum Gasteiger partial charge on any atom is 0.244 e. The van der Waals surface area contributed by atoms with Crippen molar-refractivity contribution in [1.82, 2.24) is 19.1 Å². The number of hydrogen-bond acceptors (Lipinski definition) is 6. The van der Waals surface area contributed by atoms with Crippen molar-refractivity contribution in [3.05, 3.63) is 18.3 Å². The van der Waals surface area contributed by atoms with Crippen LogP contribution in [0.25, 0.3) is 0 Å². The van der Waals surface area contributed by atoms with E-state index in [9.17, 15) is 8.42 Å². The fraction of sp³-hybridized carbons (Fsp3) is 0.615. The van der Waals surface area contributed by atoms with Crippen molar-refractivity contribution in [1.29, 1.82) is 0 Å². The predicted molar refractivity (Wildman–Crippen MR) is 82.4 cm³/mol. The molecular formula is C13H23N5O2S. The van der Waals surface area contributed by atoms with Gasteiger partial charge in [0.15, 0.2) is 0 Å². The highest BCUT2D eigenvalue weighted by atomic mass is 32.2. The highest BCUT2D eigenvalue weighted by Gasteiger charge is 2.28. The topological polar surface area (TPSA) is 82.8 Å². The van der Waals surface area contributed by atoms with Gasteiger partial charge >= 0.3 is 0 Å². The minimum atomic E-state index is -3.46. The van der Waals surface area contributed by atoms with E-state index in [1.165, 1.54) is 22.6 Å². The number of likely N-dealkylation sites (N-methyl/N-ethyl adjacent to an activating group) is 1. The summed E-state index contributed by atoms with van der Waals surface area (Å²) in [6.45, 7) is 4.49.